The maximum absolute atomic E-state index is 10.9. The van der Waals surface area contributed by atoms with Gasteiger partial charge in [-0.1, -0.05) is 46.5 Å². The molecule has 0 aromatic rings. The van der Waals surface area contributed by atoms with E-state index in [-0.39, 0.29) is 30.1 Å². The highest BCUT2D eigenvalue weighted by molar-refractivity contribution is 4.95. The summed E-state index contributed by atoms with van der Waals surface area (Å²) in [5.74, 6) is -0.249. The average molecular weight is 387 g/mol. The molecule has 3 aliphatic rings. The van der Waals surface area contributed by atoms with E-state index in [1.807, 2.05) is 0 Å². The molecule has 0 aromatic carbocycles. The van der Waals surface area contributed by atoms with Crippen molar-refractivity contribution in [1.82, 2.24) is 0 Å². The van der Waals surface area contributed by atoms with E-state index in [9.17, 15) is 15.3 Å². The molecule has 5 heteroatoms. The first kappa shape index (κ1) is 23.1. The minimum absolute atomic E-state index is 0.0831. The van der Waals surface area contributed by atoms with Crippen LogP contribution in [0, 0.1) is 11.3 Å². The molecule has 7 unspecified atom stereocenters. The first-order valence-corrected chi connectivity index (χ1v) is 11.0. The van der Waals surface area contributed by atoms with Crippen LogP contribution in [0.15, 0.2) is 0 Å². The van der Waals surface area contributed by atoms with Gasteiger partial charge in [-0.15, -0.1) is 0 Å². The first-order chi connectivity index (χ1) is 12.8. The Kier molecular flexibility index (Phi) is 8.56. The summed E-state index contributed by atoms with van der Waals surface area (Å²) in [6, 6.07) is 0. The van der Waals surface area contributed by atoms with Crippen molar-refractivity contribution in [3.63, 3.8) is 0 Å². The number of rotatable bonds is 5. The number of ether oxygens (including phenoxy) is 2. The zero-order valence-electron chi connectivity index (χ0n) is 17.8. The van der Waals surface area contributed by atoms with Crippen LogP contribution in [-0.4, -0.2) is 58.6 Å². The van der Waals surface area contributed by atoms with Crippen molar-refractivity contribution < 1.29 is 24.8 Å². The lowest BCUT2D eigenvalue weighted by Crippen LogP contribution is -2.58. The lowest BCUT2D eigenvalue weighted by atomic mass is 9.70. The van der Waals surface area contributed by atoms with E-state index in [0.29, 0.717) is 0 Å². The Morgan fingerprint density at radius 3 is 2.26 bits per heavy atom. The maximum Gasteiger partial charge on any atom is 0.110 e. The van der Waals surface area contributed by atoms with Crippen LogP contribution in [0.3, 0.4) is 0 Å². The largest absolute Gasteiger partial charge is 0.394 e. The highest BCUT2D eigenvalue weighted by Crippen LogP contribution is 2.42. The molecular formula is C22H42O5. The average Bonchev–Trinajstić information content (AvgIpc) is 2.63. The molecule has 3 N–H and O–H groups in total. The molecule has 27 heavy (non-hydrogen) atoms. The summed E-state index contributed by atoms with van der Waals surface area (Å²) in [7, 11) is 0. The molecule has 0 spiro atoms. The van der Waals surface area contributed by atoms with Gasteiger partial charge < -0.3 is 24.8 Å². The van der Waals surface area contributed by atoms with Gasteiger partial charge >= 0.3 is 0 Å². The van der Waals surface area contributed by atoms with Gasteiger partial charge in [-0.3, -0.25) is 0 Å². The summed E-state index contributed by atoms with van der Waals surface area (Å²) in [6.45, 7) is 8.91. The van der Waals surface area contributed by atoms with Gasteiger partial charge in [-0.2, -0.15) is 0 Å². The van der Waals surface area contributed by atoms with Crippen molar-refractivity contribution in [3.05, 3.63) is 0 Å². The van der Waals surface area contributed by atoms with Crippen LogP contribution in [0.1, 0.15) is 85.5 Å². The van der Waals surface area contributed by atoms with Crippen LogP contribution in [0.2, 0.25) is 0 Å². The van der Waals surface area contributed by atoms with Crippen LogP contribution in [0.5, 0.6) is 0 Å². The molecule has 2 bridgehead atoms. The third-order valence-corrected chi connectivity index (χ3v) is 6.87. The lowest BCUT2D eigenvalue weighted by Gasteiger charge is -2.46. The number of hydrogen-bond donors (Lipinski definition) is 3. The molecule has 0 aromatic heterocycles. The van der Waals surface area contributed by atoms with E-state index < -0.39 is 24.4 Å². The molecule has 3 rings (SSSR count). The Bertz CT molecular complexity index is 440. The van der Waals surface area contributed by atoms with Crippen LogP contribution in [0.25, 0.3) is 0 Å². The molecule has 0 saturated carbocycles. The van der Waals surface area contributed by atoms with Crippen molar-refractivity contribution in [2.45, 2.75) is 115 Å². The van der Waals surface area contributed by atoms with E-state index in [1.165, 1.54) is 0 Å². The summed E-state index contributed by atoms with van der Waals surface area (Å²) in [5.41, 5.74) is -0.149. The zero-order valence-corrected chi connectivity index (χ0v) is 17.8. The fourth-order valence-corrected chi connectivity index (χ4v) is 5.30. The Balaban J connectivity index is 2.29. The van der Waals surface area contributed by atoms with Gasteiger partial charge in [0.1, 0.15) is 12.2 Å². The predicted octanol–water partition coefficient (Wildman–Crippen LogP) is 3.43. The fraction of sp³-hybridized carbons (Fsp3) is 1.00. The Labute approximate surface area is 165 Å². The summed E-state index contributed by atoms with van der Waals surface area (Å²) in [5, 5.41) is 31.5. The van der Waals surface area contributed by atoms with E-state index in [4.69, 9.17) is 9.47 Å². The zero-order chi connectivity index (χ0) is 20.1. The minimum atomic E-state index is -0.977. The minimum Gasteiger partial charge on any atom is -0.394 e. The Morgan fingerprint density at radius 2 is 1.63 bits per heavy atom. The van der Waals surface area contributed by atoms with Gasteiger partial charge in [-0.25, -0.2) is 0 Å². The van der Waals surface area contributed by atoms with Crippen molar-refractivity contribution in [3.8, 4) is 0 Å². The molecule has 0 radical (unpaired) electrons. The fourth-order valence-electron chi connectivity index (χ4n) is 5.30. The van der Waals surface area contributed by atoms with Crippen molar-refractivity contribution >= 4 is 0 Å². The summed E-state index contributed by atoms with van der Waals surface area (Å²) < 4.78 is 12.3. The lowest BCUT2D eigenvalue weighted by molar-refractivity contribution is -0.234. The van der Waals surface area contributed by atoms with Gasteiger partial charge in [0, 0.05) is 5.92 Å². The topological polar surface area (TPSA) is 79.2 Å². The number of hydrogen-bond acceptors (Lipinski definition) is 5. The van der Waals surface area contributed by atoms with E-state index in [2.05, 4.69) is 27.7 Å². The number of aliphatic hydroxyl groups is 3. The molecule has 3 fully saturated rings. The Hall–Kier alpha value is -0.200. The van der Waals surface area contributed by atoms with Crippen molar-refractivity contribution in [1.29, 1.82) is 0 Å². The normalized spacial score (nSPS) is 44.3. The third kappa shape index (κ3) is 5.89. The standard InChI is InChI=1S/C22H42O5/c1-5-9-21(3)11-7-8-12-22(4,10-6-2)26-15-18-20(25)19(24)16(13-21)17(14-23)27-18/h16-20,23-25H,5-15H2,1-4H3. The molecule has 3 heterocycles. The van der Waals surface area contributed by atoms with Crippen LogP contribution in [-0.2, 0) is 9.47 Å². The monoisotopic (exact) mass is 386 g/mol. The van der Waals surface area contributed by atoms with Crippen LogP contribution in [0.4, 0.5) is 0 Å². The molecular weight excluding hydrogens is 344 g/mol. The molecule has 5 nitrogen and oxygen atoms in total. The first-order valence-electron chi connectivity index (χ1n) is 11.0. The summed E-state index contributed by atoms with van der Waals surface area (Å²) in [6.07, 6.45) is 6.39. The summed E-state index contributed by atoms with van der Waals surface area (Å²) >= 11 is 0. The van der Waals surface area contributed by atoms with E-state index in [1.54, 1.807) is 0 Å². The quantitative estimate of drug-likeness (QED) is 0.675. The highest BCUT2D eigenvalue weighted by atomic mass is 16.6. The number of fused-ring (bicyclic) bond motifs is 10. The van der Waals surface area contributed by atoms with Gasteiger partial charge in [-0.05, 0) is 44.4 Å². The van der Waals surface area contributed by atoms with Crippen LogP contribution < -0.4 is 0 Å². The van der Waals surface area contributed by atoms with Gasteiger partial charge in [0.05, 0.1) is 31.0 Å². The molecule has 0 aliphatic carbocycles. The predicted molar refractivity (Wildman–Crippen MR) is 107 cm³/mol. The van der Waals surface area contributed by atoms with E-state index >= 15 is 0 Å². The van der Waals surface area contributed by atoms with Crippen molar-refractivity contribution in [2.75, 3.05) is 13.2 Å². The smallest absolute Gasteiger partial charge is 0.110 e. The second-order valence-electron chi connectivity index (χ2n) is 9.52. The second-order valence-corrected chi connectivity index (χ2v) is 9.52. The van der Waals surface area contributed by atoms with Gasteiger partial charge in [0.25, 0.3) is 0 Å². The molecule has 3 aliphatic heterocycles. The molecule has 160 valence electrons. The van der Waals surface area contributed by atoms with Gasteiger partial charge in [0.15, 0.2) is 0 Å². The SMILES string of the molecule is CCCC1(C)CCCCC(C)(CCC)OCC2OC(CO)C(C1)C(O)C2O. The molecule has 3 saturated heterocycles. The van der Waals surface area contributed by atoms with Crippen molar-refractivity contribution in [2.24, 2.45) is 11.3 Å². The third-order valence-electron chi connectivity index (χ3n) is 6.87. The van der Waals surface area contributed by atoms with Gasteiger partial charge in [0.2, 0.25) is 0 Å². The second kappa shape index (κ2) is 10.0. The molecule has 0 amide bonds. The highest BCUT2D eigenvalue weighted by Gasteiger charge is 2.47. The molecule has 7 atom stereocenters. The number of aliphatic hydroxyl groups excluding tert-OH is 3. The van der Waals surface area contributed by atoms with E-state index in [0.717, 1.165) is 57.8 Å². The Morgan fingerprint density at radius 1 is 0.963 bits per heavy atom. The summed E-state index contributed by atoms with van der Waals surface area (Å²) in [4.78, 5) is 0. The van der Waals surface area contributed by atoms with Crippen LogP contribution >= 0.6 is 0 Å². The maximum atomic E-state index is 10.9.